The van der Waals surface area contributed by atoms with Gasteiger partial charge < -0.3 is 5.32 Å². The minimum absolute atomic E-state index is 0.687. The molecule has 0 radical (unpaired) electrons. The molecule has 2 heterocycles. The summed E-state index contributed by atoms with van der Waals surface area (Å²) in [6.07, 6.45) is 0. The van der Waals surface area contributed by atoms with Gasteiger partial charge in [-0.15, -0.1) is 11.3 Å². The van der Waals surface area contributed by atoms with Crippen molar-refractivity contribution in [3.63, 3.8) is 0 Å². The fourth-order valence-corrected chi connectivity index (χ4v) is 2.38. The second-order valence-corrected chi connectivity index (χ2v) is 4.98. The zero-order valence-electron chi connectivity index (χ0n) is 10.6. The van der Waals surface area contributed by atoms with Gasteiger partial charge in [0.2, 0.25) is 0 Å². The molecule has 0 bridgehead atoms. The molecule has 0 unspecified atom stereocenters. The van der Waals surface area contributed by atoms with Crippen LogP contribution in [0.5, 0.6) is 0 Å². The number of thiophene rings is 1. The Bertz CT molecular complexity index is 610. The van der Waals surface area contributed by atoms with E-state index in [1.807, 2.05) is 32.9 Å². The highest BCUT2D eigenvalue weighted by Crippen LogP contribution is 2.31. The fraction of sp³-hybridized carbons (Fsp3) is 0.308. The van der Waals surface area contributed by atoms with E-state index in [0.717, 1.165) is 34.3 Å². The topological polar surface area (TPSA) is 61.6 Å². The van der Waals surface area contributed by atoms with Crippen LogP contribution in [0.25, 0.3) is 10.6 Å². The molecule has 1 N–H and O–H groups in total. The van der Waals surface area contributed by atoms with E-state index in [-0.39, 0.29) is 0 Å². The van der Waals surface area contributed by atoms with E-state index in [4.69, 9.17) is 5.26 Å². The maximum absolute atomic E-state index is 8.88. The summed E-state index contributed by atoms with van der Waals surface area (Å²) in [6, 6.07) is 5.88. The fourth-order valence-electron chi connectivity index (χ4n) is 1.59. The smallest absolute Gasteiger partial charge is 0.153 e. The maximum Gasteiger partial charge on any atom is 0.153 e. The van der Waals surface area contributed by atoms with Crippen LogP contribution in [0.4, 0.5) is 5.82 Å². The Hall–Kier alpha value is -1.93. The Balaban J connectivity index is 2.54. The molecule has 18 heavy (non-hydrogen) atoms. The molecule has 2 rings (SSSR count). The van der Waals surface area contributed by atoms with Crippen LogP contribution in [-0.4, -0.2) is 16.5 Å². The number of nitrogens with one attached hydrogen (secondary N) is 1. The average Bonchev–Trinajstić information content (AvgIpc) is 2.82. The number of aryl methyl sites for hydroxylation is 2. The van der Waals surface area contributed by atoms with Crippen LogP contribution < -0.4 is 5.32 Å². The highest BCUT2D eigenvalue weighted by Gasteiger charge is 2.12. The number of anilines is 1. The highest BCUT2D eigenvalue weighted by molar-refractivity contribution is 7.16. The molecule has 0 spiro atoms. The van der Waals surface area contributed by atoms with Crippen LogP contribution in [0.3, 0.4) is 0 Å². The van der Waals surface area contributed by atoms with Crippen LogP contribution in [0.15, 0.2) is 12.1 Å². The van der Waals surface area contributed by atoms with Crippen molar-refractivity contribution >= 4 is 17.2 Å². The minimum Gasteiger partial charge on any atom is -0.369 e. The summed E-state index contributed by atoms with van der Waals surface area (Å²) in [4.78, 5) is 10.8. The number of aromatic nitrogens is 2. The summed E-state index contributed by atoms with van der Waals surface area (Å²) in [5, 5.41) is 12.1. The Labute approximate surface area is 110 Å². The summed E-state index contributed by atoms with van der Waals surface area (Å²) in [5.41, 5.74) is 2.66. The van der Waals surface area contributed by atoms with Crippen molar-refractivity contribution in [3.8, 4) is 16.6 Å². The van der Waals surface area contributed by atoms with Gasteiger partial charge in [-0.3, -0.25) is 0 Å². The van der Waals surface area contributed by atoms with Crippen molar-refractivity contribution in [2.24, 2.45) is 0 Å². The van der Waals surface area contributed by atoms with Gasteiger partial charge in [0.25, 0.3) is 0 Å². The van der Waals surface area contributed by atoms with Crippen molar-refractivity contribution in [1.82, 2.24) is 9.97 Å². The molecule has 0 aromatic carbocycles. The third-order valence-corrected chi connectivity index (χ3v) is 3.60. The second kappa shape index (κ2) is 5.15. The first-order chi connectivity index (χ1) is 8.65. The molecule has 2 aromatic heterocycles. The lowest BCUT2D eigenvalue weighted by atomic mass is 10.2. The van der Waals surface area contributed by atoms with Crippen LogP contribution >= 0.6 is 11.3 Å². The molecule has 5 heteroatoms. The van der Waals surface area contributed by atoms with Gasteiger partial charge in [0.1, 0.15) is 16.6 Å². The second-order valence-electron chi connectivity index (χ2n) is 3.90. The van der Waals surface area contributed by atoms with E-state index in [1.54, 1.807) is 0 Å². The van der Waals surface area contributed by atoms with E-state index in [9.17, 15) is 0 Å². The minimum atomic E-state index is 0.687. The number of hydrogen-bond acceptors (Lipinski definition) is 5. The number of nitrogens with zero attached hydrogens (tertiary/aromatic N) is 3. The van der Waals surface area contributed by atoms with Crippen LogP contribution in [0.2, 0.25) is 0 Å². The van der Waals surface area contributed by atoms with E-state index < -0.39 is 0 Å². The van der Waals surface area contributed by atoms with Gasteiger partial charge in [-0.1, -0.05) is 0 Å². The Morgan fingerprint density at radius 2 is 2.00 bits per heavy atom. The van der Waals surface area contributed by atoms with E-state index in [0.29, 0.717) is 4.88 Å². The molecular formula is C13H14N4S. The van der Waals surface area contributed by atoms with Crippen molar-refractivity contribution in [3.05, 3.63) is 28.4 Å². The normalized spacial score (nSPS) is 10.1. The first-order valence-corrected chi connectivity index (χ1v) is 6.56. The summed E-state index contributed by atoms with van der Waals surface area (Å²) in [5.74, 6) is 0.784. The van der Waals surface area contributed by atoms with Gasteiger partial charge in [0.05, 0.1) is 16.3 Å². The van der Waals surface area contributed by atoms with Crippen molar-refractivity contribution in [2.45, 2.75) is 20.8 Å². The SMILES string of the molecule is CCNc1nc(C)c(C)nc1-c1ccc(C#N)s1. The first-order valence-electron chi connectivity index (χ1n) is 5.75. The van der Waals surface area contributed by atoms with Gasteiger partial charge in [0.15, 0.2) is 5.82 Å². The van der Waals surface area contributed by atoms with Gasteiger partial charge in [0, 0.05) is 6.54 Å². The molecule has 92 valence electrons. The predicted octanol–water partition coefficient (Wildman–Crippen LogP) is 3.13. The lowest BCUT2D eigenvalue weighted by molar-refractivity contribution is 1.04. The van der Waals surface area contributed by atoms with E-state index >= 15 is 0 Å². The summed E-state index contributed by atoms with van der Waals surface area (Å²) >= 11 is 1.44. The van der Waals surface area contributed by atoms with Gasteiger partial charge >= 0.3 is 0 Å². The maximum atomic E-state index is 8.88. The quantitative estimate of drug-likeness (QED) is 0.918. The van der Waals surface area contributed by atoms with Crippen LogP contribution in [0, 0.1) is 25.2 Å². The van der Waals surface area contributed by atoms with E-state index in [1.165, 1.54) is 11.3 Å². The summed E-state index contributed by atoms with van der Waals surface area (Å²) in [6.45, 7) is 6.71. The molecule has 0 atom stereocenters. The lowest BCUT2D eigenvalue weighted by Gasteiger charge is -2.10. The number of hydrogen-bond donors (Lipinski definition) is 1. The largest absolute Gasteiger partial charge is 0.369 e. The molecule has 0 aliphatic heterocycles. The predicted molar refractivity (Wildman–Crippen MR) is 73.7 cm³/mol. The molecule has 0 amide bonds. The molecule has 0 fully saturated rings. The molecule has 2 aromatic rings. The standard InChI is InChI=1S/C13H14N4S/c1-4-15-13-12(16-8(2)9(3)17-13)11-6-5-10(7-14)18-11/h5-6H,4H2,1-3H3,(H,15,17). The van der Waals surface area contributed by atoms with Crippen LogP contribution in [0.1, 0.15) is 23.2 Å². The number of rotatable bonds is 3. The van der Waals surface area contributed by atoms with Gasteiger partial charge in [-0.05, 0) is 32.9 Å². The molecule has 0 aliphatic rings. The monoisotopic (exact) mass is 258 g/mol. The Morgan fingerprint density at radius 1 is 1.28 bits per heavy atom. The zero-order chi connectivity index (χ0) is 13.1. The van der Waals surface area contributed by atoms with Crippen molar-refractivity contribution in [2.75, 3.05) is 11.9 Å². The molecule has 0 saturated heterocycles. The molecule has 4 nitrogen and oxygen atoms in total. The average molecular weight is 258 g/mol. The summed E-state index contributed by atoms with van der Waals surface area (Å²) < 4.78 is 0. The zero-order valence-corrected chi connectivity index (χ0v) is 11.4. The Morgan fingerprint density at radius 3 is 2.61 bits per heavy atom. The van der Waals surface area contributed by atoms with Crippen LogP contribution in [-0.2, 0) is 0 Å². The van der Waals surface area contributed by atoms with Crippen molar-refractivity contribution in [1.29, 1.82) is 5.26 Å². The van der Waals surface area contributed by atoms with E-state index in [2.05, 4.69) is 21.4 Å². The third kappa shape index (κ3) is 2.34. The number of nitriles is 1. The third-order valence-electron chi connectivity index (χ3n) is 2.60. The van der Waals surface area contributed by atoms with Gasteiger partial charge in [-0.2, -0.15) is 5.26 Å². The summed E-state index contributed by atoms with van der Waals surface area (Å²) in [7, 11) is 0. The molecule has 0 saturated carbocycles. The van der Waals surface area contributed by atoms with Crippen molar-refractivity contribution < 1.29 is 0 Å². The lowest BCUT2D eigenvalue weighted by Crippen LogP contribution is -2.05. The highest BCUT2D eigenvalue weighted by atomic mass is 32.1. The molecular weight excluding hydrogens is 244 g/mol. The van der Waals surface area contributed by atoms with Gasteiger partial charge in [-0.25, -0.2) is 9.97 Å². The molecule has 0 aliphatic carbocycles. The first kappa shape index (κ1) is 12.5. The Kier molecular flexibility index (Phi) is 3.58.